The van der Waals surface area contributed by atoms with E-state index in [-0.39, 0.29) is 5.41 Å². The van der Waals surface area contributed by atoms with Gasteiger partial charge in [-0.2, -0.15) is 0 Å². The molecule has 1 saturated carbocycles. The largest absolute Gasteiger partial charge is 0.356 e. The fourth-order valence-corrected chi connectivity index (χ4v) is 5.02. The molecule has 1 amide bonds. The van der Waals surface area contributed by atoms with Crippen molar-refractivity contribution in [3.05, 3.63) is 23.9 Å². The molecule has 1 aromatic heterocycles. The van der Waals surface area contributed by atoms with Crippen LogP contribution in [0.15, 0.2) is 18.3 Å². The lowest BCUT2D eigenvalue weighted by Crippen LogP contribution is -2.56. The van der Waals surface area contributed by atoms with Crippen molar-refractivity contribution in [2.45, 2.75) is 64.3 Å². The summed E-state index contributed by atoms with van der Waals surface area (Å²) < 4.78 is 0. The van der Waals surface area contributed by atoms with Crippen LogP contribution in [0.25, 0.3) is 0 Å². The number of pyridine rings is 1. The Morgan fingerprint density at radius 3 is 2.79 bits per heavy atom. The Labute approximate surface area is 145 Å². The minimum absolute atomic E-state index is 0.278. The van der Waals surface area contributed by atoms with Crippen molar-refractivity contribution in [1.82, 2.24) is 9.88 Å². The monoisotopic (exact) mass is 327 g/mol. The van der Waals surface area contributed by atoms with Gasteiger partial charge in [0.1, 0.15) is 5.82 Å². The van der Waals surface area contributed by atoms with Gasteiger partial charge in [0.05, 0.1) is 0 Å². The molecule has 3 fully saturated rings. The van der Waals surface area contributed by atoms with Gasteiger partial charge in [-0.15, -0.1) is 0 Å². The third-order valence-electron chi connectivity index (χ3n) is 6.35. The maximum Gasteiger partial charge on any atom is 0.222 e. The molecule has 2 saturated heterocycles. The second kappa shape index (κ2) is 6.38. The highest BCUT2D eigenvalue weighted by molar-refractivity contribution is 5.77. The lowest BCUT2D eigenvalue weighted by atomic mass is 9.73. The van der Waals surface area contributed by atoms with Crippen LogP contribution in [0.5, 0.6) is 0 Å². The van der Waals surface area contributed by atoms with E-state index >= 15 is 0 Å². The van der Waals surface area contributed by atoms with E-state index < -0.39 is 0 Å². The van der Waals surface area contributed by atoms with Crippen molar-refractivity contribution < 1.29 is 4.79 Å². The first-order valence-electron chi connectivity index (χ1n) is 9.62. The van der Waals surface area contributed by atoms with Crippen LogP contribution in [0.4, 0.5) is 5.82 Å². The van der Waals surface area contributed by atoms with E-state index in [0.29, 0.717) is 11.9 Å². The number of likely N-dealkylation sites (tertiary alicyclic amines) is 1. The van der Waals surface area contributed by atoms with Crippen molar-refractivity contribution in [2.75, 3.05) is 24.5 Å². The highest BCUT2D eigenvalue weighted by atomic mass is 16.2. The van der Waals surface area contributed by atoms with Crippen LogP contribution < -0.4 is 4.90 Å². The molecule has 24 heavy (non-hydrogen) atoms. The molecule has 4 heteroatoms. The molecular formula is C20H29N3O. The van der Waals surface area contributed by atoms with Gasteiger partial charge in [0.15, 0.2) is 0 Å². The first kappa shape index (κ1) is 15.9. The van der Waals surface area contributed by atoms with Gasteiger partial charge in [-0.05, 0) is 56.7 Å². The summed E-state index contributed by atoms with van der Waals surface area (Å²) in [5.41, 5.74) is 1.55. The van der Waals surface area contributed by atoms with Gasteiger partial charge in [0, 0.05) is 43.7 Å². The van der Waals surface area contributed by atoms with Crippen LogP contribution >= 0.6 is 0 Å². The number of amides is 1. The smallest absolute Gasteiger partial charge is 0.222 e. The highest BCUT2D eigenvalue weighted by Gasteiger charge is 2.44. The number of rotatable bonds is 2. The van der Waals surface area contributed by atoms with Crippen LogP contribution in [0.3, 0.4) is 0 Å². The van der Waals surface area contributed by atoms with E-state index in [1.165, 1.54) is 44.1 Å². The van der Waals surface area contributed by atoms with Crippen LogP contribution in [-0.4, -0.2) is 41.5 Å². The van der Waals surface area contributed by atoms with Crippen molar-refractivity contribution in [1.29, 1.82) is 0 Å². The summed E-state index contributed by atoms with van der Waals surface area (Å²) in [5, 5.41) is 0. The molecule has 4 nitrogen and oxygen atoms in total. The van der Waals surface area contributed by atoms with E-state index in [1.807, 2.05) is 6.20 Å². The van der Waals surface area contributed by atoms with Gasteiger partial charge in [-0.1, -0.05) is 12.8 Å². The molecule has 2 aliphatic heterocycles. The molecule has 1 aromatic rings. The van der Waals surface area contributed by atoms with E-state index in [9.17, 15) is 4.79 Å². The zero-order valence-electron chi connectivity index (χ0n) is 14.8. The summed E-state index contributed by atoms with van der Waals surface area (Å²) in [5.74, 6) is 1.51. The van der Waals surface area contributed by atoms with Crippen molar-refractivity contribution in [3.63, 3.8) is 0 Å². The second-order valence-corrected chi connectivity index (χ2v) is 8.18. The Morgan fingerprint density at radius 2 is 2.00 bits per heavy atom. The summed E-state index contributed by atoms with van der Waals surface area (Å²) in [6.45, 7) is 5.25. The molecule has 0 N–H and O–H groups in total. The van der Waals surface area contributed by atoms with Crippen molar-refractivity contribution in [2.24, 2.45) is 5.41 Å². The maximum absolute atomic E-state index is 12.5. The molecule has 0 bridgehead atoms. The maximum atomic E-state index is 12.5. The normalized spacial score (nSPS) is 28.8. The lowest BCUT2D eigenvalue weighted by Gasteiger charge is -2.50. The quantitative estimate of drug-likeness (QED) is 0.833. The number of carbonyl (C=O) groups excluding carboxylic acids is 1. The zero-order chi connectivity index (χ0) is 16.6. The molecule has 1 spiro atoms. The average Bonchev–Trinajstić information content (AvgIpc) is 3.12. The number of piperidine rings is 2. The van der Waals surface area contributed by atoms with Gasteiger partial charge < -0.3 is 9.80 Å². The number of hydrogen-bond donors (Lipinski definition) is 0. The molecule has 1 atom stereocenters. The fourth-order valence-electron chi connectivity index (χ4n) is 5.02. The molecular weight excluding hydrogens is 298 g/mol. The molecule has 4 rings (SSSR count). The van der Waals surface area contributed by atoms with E-state index in [0.717, 1.165) is 38.3 Å². The zero-order valence-corrected chi connectivity index (χ0v) is 14.8. The lowest BCUT2D eigenvalue weighted by molar-refractivity contribution is -0.140. The Hall–Kier alpha value is -1.58. The van der Waals surface area contributed by atoms with Gasteiger partial charge >= 0.3 is 0 Å². The van der Waals surface area contributed by atoms with E-state index in [4.69, 9.17) is 0 Å². The molecule has 1 aliphatic carbocycles. The third kappa shape index (κ3) is 3.03. The predicted molar refractivity (Wildman–Crippen MR) is 96.1 cm³/mol. The van der Waals surface area contributed by atoms with Crippen LogP contribution in [0.1, 0.15) is 56.9 Å². The third-order valence-corrected chi connectivity index (χ3v) is 6.35. The van der Waals surface area contributed by atoms with E-state index in [2.05, 4.69) is 33.8 Å². The number of aryl methyl sites for hydroxylation is 1. The fraction of sp³-hybridized carbons (Fsp3) is 0.700. The highest BCUT2D eigenvalue weighted by Crippen LogP contribution is 2.41. The first-order chi connectivity index (χ1) is 11.7. The molecule has 0 aromatic carbocycles. The minimum atomic E-state index is 0.278. The van der Waals surface area contributed by atoms with Gasteiger partial charge in [0.25, 0.3) is 0 Å². The summed E-state index contributed by atoms with van der Waals surface area (Å²) in [7, 11) is 0. The summed E-state index contributed by atoms with van der Waals surface area (Å²) in [6, 6.07) is 4.77. The Morgan fingerprint density at radius 1 is 1.17 bits per heavy atom. The number of anilines is 1. The Balaban J connectivity index is 1.52. The second-order valence-electron chi connectivity index (χ2n) is 8.18. The summed E-state index contributed by atoms with van der Waals surface area (Å²) >= 11 is 0. The number of hydrogen-bond acceptors (Lipinski definition) is 3. The standard InChI is InChI=1S/C20H29N3O/c1-16-8-11-21-18(13-16)22-12-4-9-20(14-22)10-7-19(24)23(15-20)17-5-2-3-6-17/h8,11,13,17H,2-7,9-10,12,14-15H2,1H3/t20-/m1/s1. The Bertz CT molecular complexity index is 611. The Kier molecular flexibility index (Phi) is 4.23. The molecule has 0 unspecified atom stereocenters. The van der Waals surface area contributed by atoms with Crippen molar-refractivity contribution in [3.8, 4) is 0 Å². The summed E-state index contributed by atoms with van der Waals surface area (Å²) in [4.78, 5) is 21.8. The van der Waals surface area contributed by atoms with E-state index in [1.54, 1.807) is 0 Å². The molecule has 3 heterocycles. The summed E-state index contributed by atoms with van der Waals surface area (Å²) in [6.07, 6.45) is 11.2. The number of nitrogens with zero attached hydrogens (tertiary/aromatic N) is 3. The average molecular weight is 327 g/mol. The topological polar surface area (TPSA) is 36.4 Å². The minimum Gasteiger partial charge on any atom is -0.356 e. The van der Waals surface area contributed by atoms with Crippen LogP contribution in [0.2, 0.25) is 0 Å². The first-order valence-corrected chi connectivity index (χ1v) is 9.62. The molecule has 3 aliphatic rings. The predicted octanol–water partition coefficient (Wildman–Crippen LogP) is 3.54. The van der Waals surface area contributed by atoms with Crippen LogP contribution in [0, 0.1) is 12.3 Å². The van der Waals surface area contributed by atoms with Crippen molar-refractivity contribution >= 4 is 11.7 Å². The van der Waals surface area contributed by atoms with Crippen LogP contribution in [-0.2, 0) is 4.79 Å². The SMILES string of the molecule is Cc1ccnc(N2CCC[C@@]3(CCC(=O)N(C4CCCC4)C3)C2)c1. The molecule has 0 radical (unpaired) electrons. The van der Waals surface area contributed by atoms with Gasteiger partial charge in [-0.3, -0.25) is 4.79 Å². The van der Waals surface area contributed by atoms with Gasteiger partial charge in [0.2, 0.25) is 5.91 Å². The number of carbonyl (C=O) groups is 1. The van der Waals surface area contributed by atoms with Gasteiger partial charge in [-0.25, -0.2) is 4.98 Å². The molecule has 130 valence electrons. The number of aromatic nitrogens is 1.